The van der Waals surface area contributed by atoms with Crippen molar-refractivity contribution in [1.82, 2.24) is 9.97 Å². The number of methoxy groups -OCH3 is 2. The minimum absolute atomic E-state index is 0.00819. The average Bonchev–Trinajstić information content (AvgIpc) is 2.48. The number of ether oxygens (including phenoxy) is 2. The fraction of sp³-hybridized carbons (Fsp3) is 0.600. The number of hydrogen-bond donors (Lipinski definition) is 0. The van der Waals surface area contributed by atoms with Gasteiger partial charge in [-0.05, 0) is 19.8 Å². The van der Waals surface area contributed by atoms with Crippen molar-refractivity contribution < 1.29 is 9.47 Å². The number of aromatic nitrogens is 2. The summed E-state index contributed by atoms with van der Waals surface area (Å²) in [5, 5.41) is 0. The Morgan fingerprint density at radius 1 is 1.05 bits per heavy atom. The molecule has 0 bridgehead atoms. The lowest BCUT2D eigenvalue weighted by Crippen LogP contribution is -2.36. The van der Waals surface area contributed by atoms with Crippen LogP contribution in [-0.4, -0.2) is 48.1 Å². The molecule has 1 aliphatic heterocycles. The topological polar surface area (TPSA) is 69.0 Å². The van der Waals surface area contributed by atoms with Crippen LogP contribution in [0.5, 0.6) is 0 Å². The predicted molar refractivity (Wildman–Crippen MR) is 83.7 cm³/mol. The van der Waals surface area contributed by atoms with Gasteiger partial charge in [-0.15, -0.1) is 0 Å². The molecule has 6 heteroatoms. The zero-order valence-corrected chi connectivity index (χ0v) is 13.6. The monoisotopic (exact) mass is 292 g/mol. The highest BCUT2D eigenvalue weighted by Crippen LogP contribution is 2.16. The first-order valence-electron chi connectivity index (χ1n) is 6.95. The Morgan fingerprint density at radius 3 is 2.10 bits per heavy atom. The van der Waals surface area contributed by atoms with Gasteiger partial charge in [0.05, 0.1) is 19.9 Å². The van der Waals surface area contributed by atoms with E-state index in [1.807, 2.05) is 13.8 Å². The first-order valence-corrected chi connectivity index (χ1v) is 6.95. The molecular formula is C15H24N4O2. The van der Waals surface area contributed by atoms with Crippen molar-refractivity contribution in [2.75, 3.05) is 14.2 Å². The van der Waals surface area contributed by atoms with Crippen molar-refractivity contribution in [3.63, 3.8) is 0 Å². The number of hydrogen-bond acceptors (Lipinski definition) is 6. The molecule has 1 aromatic rings. The zero-order valence-electron chi connectivity index (χ0n) is 13.6. The summed E-state index contributed by atoms with van der Waals surface area (Å²) in [6.45, 7) is 8.03. The second kappa shape index (κ2) is 8.34. The Balaban J connectivity index is 0.000000262. The van der Waals surface area contributed by atoms with Crippen LogP contribution in [0, 0.1) is 12.8 Å². The van der Waals surface area contributed by atoms with E-state index in [0.717, 1.165) is 5.69 Å². The molecule has 116 valence electrons. The van der Waals surface area contributed by atoms with Crippen LogP contribution in [0.15, 0.2) is 28.6 Å². The molecule has 1 aromatic heterocycles. The van der Waals surface area contributed by atoms with Gasteiger partial charge >= 0.3 is 0 Å². The highest BCUT2D eigenvalue weighted by Gasteiger charge is 2.28. The van der Waals surface area contributed by atoms with Crippen LogP contribution in [0.4, 0.5) is 0 Å². The van der Waals surface area contributed by atoms with Gasteiger partial charge in [0.25, 0.3) is 0 Å². The molecule has 0 saturated carbocycles. The minimum Gasteiger partial charge on any atom is -0.483 e. The smallest absolute Gasteiger partial charge is 0.209 e. The van der Waals surface area contributed by atoms with Gasteiger partial charge in [0.2, 0.25) is 11.8 Å². The van der Waals surface area contributed by atoms with Gasteiger partial charge in [-0.2, -0.15) is 0 Å². The molecule has 2 rings (SSSR count). The first kappa shape index (κ1) is 17.1. The van der Waals surface area contributed by atoms with Crippen LogP contribution in [-0.2, 0) is 9.47 Å². The Morgan fingerprint density at radius 2 is 1.71 bits per heavy atom. The molecule has 0 amide bonds. The molecule has 2 unspecified atom stereocenters. The normalized spacial score (nSPS) is 20.9. The average molecular weight is 292 g/mol. The quantitative estimate of drug-likeness (QED) is 0.796. The predicted octanol–water partition coefficient (Wildman–Crippen LogP) is 2.29. The van der Waals surface area contributed by atoms with Crippen molar-refractivity contribution in [1.29, 1.82) is 0 Å². The van der Waals surface area contributed by atoms with E-state index in [9.17, 15) is 0 Å². The summed E-state index contributed by atoms with van der Waals surface area (Å²) in [5.41, 5.74) is 0.961. The Hall–Kier alpha value is -1.98. The summed E-state index contributed by atoms with van der Waals surface area (Å²) in [5.74, 6) is 1.75. The highest BCUT2D eigenvalue weighted by atomic mass is 16.5. The molecule has 0 aromatic carbocycles. The van der Waals surface area contributed by atoms with E-state index < -0.39 is 0 Å². The molecule has 21 heavy (non-hydrogen) atoms. The van der Waals surface area contributed by atoms with Crippen molar-refractivity contribution in [3.05, 3.63) is 24.3 Å². The molecular weight excluding hydrogens is 268 g/mol. The Bertz CT molecular complexity index is 486. The molecule has 0 saturated heterocycles. The van der Waals surface area contributed by atoms with E-state index >= 15 is 0 Å². The van der Waals surface area contributed by atoms with Crippen LogP contribution in [0.3, 0.4) is 0 Å². The van der Waals surface area contributed by atoms with Crippen molar-refractivity contribution in [2.24, 2.45) is 15.9 Å². The van der Waals surface area contributed by atoms with E-state index in [1.54, 1.807) is 32.8 Å². The second-order valence-corrected chi connectivity index (χ2v) is 5.05. The summed E-state index contributed by atoms with van der Waals surface area (Å²) < 4.78 is 10.4. The van der Waals surface area contributed by atoms with Gasteiger partial charge in [0, 0.05) is 18.6 Å². The summed E-state index contributed by atoms with van der Waals surface area (Å²) in [6.07, 6.45) is 5.06. The van der Waals surface area contributed by atoms with E-state index in [-0.39, 0.29) is 12.1 Å². The van der Waals surface area contributed by atoms with Gasteiger partial charge < -0.3 is 9.47 Å². The van der Waals surface area contributed by atoms with Gasteiger partial charge in [-0.3, -0.25) is 9.97 Å². The van der Waals surface area contributed by atoms with E-state index in [0.29, 0.717) is 17.7 Å². The maximum absolute atomic E-state index is 5.22. The molecule has 0 spiro atoms. The molecule has 2 heterocycles. The fourth-order valence-corrected chi connectivity index (χ4v) is 1.83. The maximum atomic E-state index is 5.22. The van der Waals surface area contributed by atoms with Gasteiger partial charge in [-0.1, -0.05) is 13.8 Å². The van der Waals surface area contributed by atoms with E-state index in [2.05, 4.69) is 33.8 Å². The third-order valence-electron chi connectivity index (χ3n) is 2.94. The second-order valence-electron chi connectivity index (χ2n) is 5.05. The summed E-state index contributed by atoms with van der Waals surface area (Å²) in [6, 6.07) is -0.0453. The fourth-order valence-electron chi connectivity index (χ4n) is 1.83. The summed E-state index contributed by atoms with van der Waals surface area (Å²) in [4.78, 5) is 16.6. The molecule has 1 aliphatic rings. The van der Waals surface area contributed by atoms with Gasteiger partial charge in [0.1, 0.15) is 12.1 Å². The van der Waals surface area contributed by atoms with E-state index in [4.69, 9.17) is 9.47 Å². The SMILES string of the molecule is COC1=NC(C(C)C)C(OC)=NC1C.Cc1cnccn1. The molecule has 0 fully saturated rings. The summed E-state index contributed by atoms with van der Waals surface area (Å²) in [7, 11) is 3.26. The molecule has 6 nitrogen and oxygen atoms in total. The van der Waals surface area contributed by atoms with Gasteiger partial charge in [0.15, 0.2) is 0 Å². The number of aryl methyl sites for hydroxylation is 1. The number of rotatable bonds is 1. The zero-order chi connectivity index (χ0) is 15.8. The maximum Gasteiger partial charge on any atom is 0.209 e. The number of aliphatic imine (C=N–C) groups is 2. The summed E-state index contributed by atoms with van der Waals surface area (Å²) >= 11 is 0. The standard InChI is InChI=1S/C10H18N2O2.C5H6N2/c1-6(2)8-10(14-5)11-7(3)9(12-8)13-4;1-5-4-6-2-3-7-5/h6-8H,1-5H3;2-4H,1H3. The van der Waals surface area contributed by atoms with Crippen LogP contribution >= 0.6 is 0 Å². The Kier molecular flexibility index (Phi) is 6.78. The minimum atomic E-state index is -0.0371. The third kappa shape index (κ3) is 5.13. The lowest BCUT2D eigenvalue weighted by molar-refractivity contribution is 0.335. The van der Waals surface area contributed by atoms with E-state index in [1.165, 1.54) is 0 Å². The molecule has 0 aliphatic carbocycles. The van der Waals surface area contributed by atoms with Crippen molar-refractivity contribution >= 4 is 11.8 Å². The van der Waals surface area contributed by atoms with Crippen molar-refractivity contribution in [2.45, 2.75) is 39.8 Å². The lowest BCUT2D eigenvalue weighted by atomic mass is 10.0. The van der Waals surface area contributed by atoms with Crippen LogP contribution in [0.1, 0.15) is 26.5 Å². The number of nitrogens with zero attached hydrogens (tertiary/aromatic N) is 4. The largest absolute Gasteiger partial charge is 0.483 e. The first-order chi connectivity index (χ1) is 9.99. The molecule has 0 radical (unpaired) electrons. The third-order valence-corrected chi connectivity index (χ3v) is 2.94. The Labute approximate surface area is 126 Å². The molecule has 2 atom stereocenters. The highest BCUT2D eigenvalue weighted by molar-refractivity contribution is 5.93. The van der Waals surface area contributed by atoms with Crippen LogP contribution < -0.4 is 0 Å². The van der Waals surface area contributed by atoms with Crippen LogP contribution in [0.25, 0.3) is 0 Å². The lowest BCUT2D eigenvalue weighted by Gasteiger charge is -2.25. The van der Waals surface area contributed by atoms with Crippen molar-refractivity contribution in [3.8, 4) is 0 Å². The molecule has 0 N–H and O–H groups in total. The van der Waals surface area contributed by atoms with Crippen LogP contribution in [0.2, 0.25) is 0 Å². The van der Waals surface area contributed by atoms with Gasteiger partial charge in [-0.25, -0.2) is 9.98 Å².